The molecule has 0 fully saturated rings. The minimum Gasteiger partial charge on any atom is -0.497 e. The number of hydrogen-bond acceptors (Lipinski definition) is 7. The second-order valence-corrected chi connectivity index (χ2v) is 6.74. The van der Waals surface area contributed by atoms with Crippen LogP contribution in [0, 0.1) is 0 Å². The number of hydrogen-bond donors (Lipinski definition) is 1. The third kappa shape index (κ3) is 4.28. The Hall–Kier alpha value is -2.58. The summed E-state index contributed by atoms with van der Waals surface area (Å²) in [4.78, 5) is 13.3. The van der Waals surface area contributed by atoms with Crippen molar-refractivity contribution in [3.8, 4) is 11.5 Å². The maximum atomic E-state index is 12.4. The average molecular weight is 380 g/mol. The van der Waals surface area contributed by atoms with Crippen molar-refractivity contribution in [2.45, 2.75) is 6.42 Å². The Kier molecular flexibility index (Phi) is 5.20. The molecular weight excluding hydrogens is 366 g/mol. The molecule has 9 heteroatoms. The first kappa shape index (κ1) is 17.2. The second kappa shape index (κ2) is 7.54. The van der Waals surface area contributed by atoms with Gasteiger partial charge in [0.1, 0.15) is 11.5 Å². The SMILES string of the molecule is COc1cc(OC)cc(C(=O)Nc2nnc(Cc3ccc(Cl)s3)o2)c1. The maximum absolute atomic E-state index is 12.4. The van der Waals surface area contributed by atoms with Crippen molar-refractivity contribution >= 4 is 34.9 Å². The highest BCUT2D eigenvalue weighted by atomic mass is 35.5. The number of nitrogens with zero attached hydrogens (tertiary/aromatic N) is 2. The highest BCUT2D eigenvalue weighted by Crippen LogP contribution is 2.25. The first-order valence-corrected chi connectivity index (χ1v) is 8.38. The summed E-state index contributed by atoms with van der Waals surface area (Å²) in [6.07, 6.45) is 0.452. The molecule has 1 amide bonds. The maximum Gasteiger partial charge on any atom is 0.322 e. The number of halogens is 1. The van der Waals surface area contributed by atoms with Gasteiger partial charge in [-0.2, -0.15) is 0 Å². The largest absolute Gasteiger partial charge is 0.497 e. The summed E-state index contributed by atoms with van der Waals surface area (Å²) in [5, 5.41) is 10.3. The van der Waals surface area contributed by atoms with E-state index in [1.165, 1.54) is 25.6 Å². The van der Waals surface area contributed by atoms with Crippen LogP contribution < -0.4 is 14.8 Å². The van der Waals surface area contributed by atoms with Crippen LogP contribution in [0.3, 0.4) is 0 Å². The summed E-state index contributed by atoms with van der Waals surface area (Å²) in [5.41, 5.74) is 0.348. The van der Waals surface area contributed by atoms with Gasteiger partial charge in [0.25, 0.3) is 5.91 Å². The van der Waals surface area contributed by atoms with Crippen LogP contribution in [0.1, 0.15) is 21.1 Å². The van der Waals surface area contributed by atoms with Gasteiger partial charge in [-0.3, -0.25) is 10.1 Å². The molecule has 0 unspecified atom stereocenters. The molecule has 2 aromatic heterocycles. The number of methoxy groups -OCH3 is 2. The van der Waals surface area contributed by atoms with Crippen molar-refractivity contribution in [2.24, 2.45) is 0 Å². The van der Waals surface area contributed by atoms with Crippen LogP contribution in [0.2, 0.25) is 4.34 Å². The van der Waals surface area contributed by atoms with Crippen LogP contribution >= 0.6 is 22.9 Å². The number of carbonyl (C=O) groups is 1. The molecular formula is C16H14ClN3O4S. The fourth-order valence-corrected chi connectivity index (χ4v) is 3.16. The molecule has 0 atom stereocenters. The van der Waals surface area contributed by atoms with Crippen molar-refractivity contribution in [3.63, 3.8) is 0 Å². The van der Waals surface area contributed by atoms with Crippen LogP contribution in [0.15, 0.2) is 34.7 Å². The summed E-state index contributed by atoms with van der Waals surface area (Å²) in [7, 11) is 3.02. The smallest absolute Gasteiger partial charge is 0.322 e. The molecule has 0 saturated heterocycles. The molecule has 0 bridgehead atoms. The normalized spacial score (nSPS) is 10.5. The van der Waals surface area contributed by atoms with E-state index in [0.717, 1.165) is 4.88 Å². The van der Waals surface area contributed by atoms with Crippen molar-refractivity contribution < 1.29 is 18.7 Å². The van der Waals surface area contributed by atoms with Crippen LogP contribution in [0.4, 0.5) is 6.01 Å². The van der Waals surface area contributed by atoms with Gasteiger partial charge in [-0.1, -0.05) is 16.7 Å². The lowest BCUT2D eigenvalue weighted by atomic mass is 10.2. The minimum atomic E-state index is -0.411. The zero-order valence-corrected chi connectivity index (χ0v) is 15.0. The van der Waals surface area contributed by atoms with E-state index >= 15 is 0 Å². The number of benzene rings is 1. The van der Waals surface area contributed by atoms with Gasteiger partial charge in [0.2, 0.25) is 5.89 Å². The second-order valence-electron chi connectivity index (χ2n) is 4.94. The van der Waals surface area contributed by atoms with E-state index in [2.05, 4.69) is 15.5 Å². The molecule has 1 aromatic carbocycles. The first-order valence-electron chi connectivity index (χ1n) is 7.18. The number of nitrogens with one attached hydrogen (secondary N) is 1. The van der Waals surface area contributed by atoms with Crippen LogP contribution in [0.5, 0.6) is 11.5 Å². The molecule has 25 heavy (non-hydrogen) atoms. The van der Waals surface area contributed by atoms with Crippen LogP contribution in [-0.2, 0) is 6.42 Å². The van der Waals surface area contributed by atoms with E-state index in [4.69, 9.17) is 25.5 Å². The van der Waals surface area contributed by atoms with Gasteiger partial charge in [-0.05, 0) is 24.3 Å². The van der Waals surface area contributed by atoms with Gasteiger partial charge >= 0.3 is 6.01 Å². The lowest BCUT2D eigenvalue weighted by Crippen LogP contribution is -2.12. The highest BCUT2D eigenvalue weighted by molar-refractivity contribution is 7.16. The molecule has 0 aliphatic heterocycles. The fraction of sp³-hybridized carbons (Fsp3) is 0.188. The Morgan fingerprint density at radius 1 is 1.20 bits per heavy atom. The predicted octanol–water partition coefficient (Wildman–Crippen LogP) is 3.64. The Labute approximate surface area is 152 Å². The van der Waals surface area contributed by atoms with E-state index in [9.17, 15) is 4.79 Å². The zero-order valence-electron chi connectivity index (χ0n) is 13.4. The topological polar surface area (TPSA) is 86.5 Å². The summed E-state index contributed by atoms with van der Waals surface area (Å²) < 4.78 is 16.4. The third-order valence-electron chi connectivity index (χ3n) is 3.26. The van der Waals surface area contributed by atoms with Crippen LogP contribution in [-0.4, -0.2) is 30.3 Å². The third-order valence-corrected chi connectivity index (χ3v) is 4.49. The summed E-state index contributed by atoms with van der Waals surface area (Å²) in [6, 6.07) is 8.55. The van der Waals surface area contributed by atoms with E-state index in [1.54, 1.807) is 24.3 Å². The molecule has 3 rings (SSSR count). The number of rotatable bonds is 6. The van der Waals surface area contributed by atoms with Gasteiger partial charge in [-0.25, -0.2) is 0 Å². The number of aromatic nitrogens is 2. The minimum absolute atomic E-state index is 0.0180. The standard InChI is InChI=1S/C16H14ClN3O4S/c1-22-10-5-9(6-11(7-10)23-2)15(21)18-16-20-19-14(24-16)8-12-3-4-13(17)25-12/h3-7H,8H2,1-2H3,(H,18,20,21). The summed E-state index contributed by atoms with van der Waals surface area (Å²) >= 11 is 7.33. The lowest BCUT2D eigenvalue weighted by Gasteiger charge is -2.07. The molecule has 0 spiro atoms. The van der Waals surface area contributed by atoms with Crippen LogP contribution in [0.25, 0.3) is 0 Å². The number of carbonyl (C=O) groups excluding carboxylic acids is 1. The van der Waals surface area contributed by atoms with Crippen molar-refractivity contribution in [1.29, 1.82) is 0 Å². The van der Waals surface area contributed by atoms with E-state index < -0.39 is 5.91 Å². The first-order chi connectivity index (χ1) is 12.1. The van der Waals surface area contributed by atoms with E-state index in [1.807, 2.05) is 6.07 Å². The molecule has 0 radical (unpaired) electrons. The molecule has 1 N–H and O–H groups in total. The van der Waals surface area contributed by atoms with Crippen molar-refractivity contribution in [2.75, 3.05) is 19.5 Å². The molecule has 130 valence electrons. The molecule has 0 aliphatic rings. The molecule has 7 nitrogen and oxygen atoms in total. The molecule has 2 heterocycles. The van der Waals surface area contributed by atoms with E-state index in [-0.39, 0.29) is 6.01 Å². The number of ether oxygens (including phenoxy) is 2. The Morgan fingerprint density at radius 3 is 2.52 bits per heavy atom. The van der Waals surface area contributed by atoms with Gasteiger partial charge in [0, 0.05) is 16.5 Å². The van der Waals surface area contributed by atoms with Gasteiger partial charge in [0.15, 0.2) is 0 Å². The number of thiophene rings is 1. The number of anilines is 1. The van der Waals surface area contributed by atoms with Crippen molar-refractivity contribution in [1.82, 2.24) is 10.2 Å². The summed E-state index contributed by atoms with van der Waals surface area (Å²) in [6.45, 7) is 0. The zero-order chi connectivity index (χ0) is 17.8. The van der Waals surface area contributed by atoms with Crippen molar-refractivity contribution in [3.05, 3.63) is 51.0 Å². The van der Waals surface area contributed by atoms with E-state index in [0.29, 0.717) is 33.7 Å². The summed E-state index contributed by atoms with van der Waals surface area (Å²) in [5.74, 6) is 0.985. The highest BCUT2D eigenvalue weighted by Gasteiger charge is 2.14. The van der Waals surface area contributed by atoms with Gasteiger partial charge in [0.05, 0.1) is 25.0 Å². The lowest BCUT2D eigenvalue weighted by molar-refractivity contribution is 0.102. The average Bonchev–Trinajstić information content (AvgIpc) is 3.23. The van der Waals surface area contributed by atoms with Gasteiger partial charge in [-0.15, -0.1) is 16.4 Å². The predicted molar refractivity (Wildman–Crippen MR) is 93.9 cm³/mol. The monoisotopic (exact) mass is 379 g/mol. The molecule has 3 aromatic rings. The number of amides is 1. The Balaban J connectivity index is 1.71. The quantitative estimate of drug-likeness (QED) is 0.703. The van der Waals surface area contributed by atoms with Gasteiger partial charge < -0.3 is 13.9 Å². The Bertz CT molecular complexity index is 871. The molecule has 0 saturated carbocycles. The molecule has 0 aliphatic carbocycles. The Morgan fingerprint density at radius 2 is 1.92 bits per heavy atom. The fourth-order valence-electron chi connectivity index (χ4n) is 2.08.